The molecule has 0 saturated carbocycles. The van der Waals surface area contributed by atoms with Crippen molar-refractivity contribution in [2.24, 2.45) is 5.73 Å². The topological polar surface area (TPSA) is 88.6 Å². The highest BCUT2D eigenvalue weighted by Gasteiger charge is 2.33. The predicted octanol–water partition coefficient (Wildman–Crippen LogP) is 1.24. The van der Waals surface area contributed by atoms with Crippen LogP contribution in [0, 0.1) is 5.82 Å². The SMILES string of the molecule is NCCC1CN(Cc2ccc(F)cc2)C(=O)c2c(O)c(=O)ccn21. The van der Waals surface area contributed by atoms with Gasteiger partial charge in [-0.15, -0.1) is 0 Å². The second-order valence-electron chi connectivity index (χ2n) is 5.83. The van der Waals surface area contributed by atoms with Crippen LogP contribution in [0.1, 0.15) is 28.5 Å². The maximum Gasteiger partial charge on any atom is 0.274 e. The first-order chi connectivity index (χ1) is 11.5. The summed E-state index contributed by atoms with van der Waals surface area (Å²) in [5.74, 6) is -1.32. The van der Waals surface area contributed by atoms with Gasteiger partial charge in [-0.3, -0.25) is 9.59 Å². The van der Waals surface area contributed by atoms with E-state index in [1.54, 1.807) is 21.6 Å². The van der Waals surface area contributed by atoms with Gasteiger partial charge in [0.05, 0.1) is 6.04 Å². The van der Waals surface area contributed by atoms with E-state index in [1.165, 1.54) is 24.4 Å². The quantitative estimate of drug-likeness (QED) is 0.882. The Morgan fingerprint density at radius 1 is 1.21 bits per heavy atom. The summed E-state index contributed by atoms with van der Waals surface area (Å²) in [6.45, 7) is 1.08. The largest absolute Gasteiger partial charge is 0.503 e. The number of aromatic nitrogens is 1. The molecule has 1 aromatic carbocycles. The molecule has 7 heteroatoms. The summed E-state index contributed by atoms with van der Waals surface area (Å²) in [4.78, 5) is 26.0. The number of nitrogens with zero attached hydrogens (tertiary/aromatic N) is 2. The summed E-state index contributed by atoms with van der Waals surface area (Å²) in [7, 11) is 0. The molecule has 0 saturated heterocycles. The lowest BCUT2D eigenvalue weighted by atomic mass is 10.1. The number of carbonyl (C=O) groups excluding carboxylic acids is 1. The van der Waals surface area contributed by atoms with Crippen molar-refractivity contribution < 1.29 is 14.3 Å². The van der Waals surface area contributed by atoms with E-state index in [1.807, 2.05) is 0 Å². The van der Waals surface area contributed by atoms with Crippen LogP contribution in [0.15, 0.2) is 41.3 Å². The van der Waals surface area contributed by atoms with Crippen LogP contribution in [0.5, 0.6) is 5.75 Å². The average Bonchev–Trinajstić information content (AvgIpc) is 2.56. The Morgan fingerprint density at radius 3 is 2.58 bits per heavy atom. The van der Waals surface area contributed by atoms with Crippen LogP contribution in [0.3, 0.4) is 0 Å². The lowest BCUT2D eigenvalue weighted by molar-refractivity contribution is 0.0640. The summed E-state index contributed by atoms with van der Waals surface area (Å²) in [6.07, 6.45) is 2.12. The number of amides is 1. The number of benzene rings is 1. The lowest BCUT2D eigenvalue weighted by Gasteiger charge is -2.36. The van der Waals surface area contributed by atoms with Crippen LogP contribution >= 0.6 is 0 Å². The van der Waals surface area contributed by atoms with Crippen molar-refractivity contribution >= 4 is 5.91 Å². The minimum Gasteiger partial charge on any atom is -0.503 e. The first-order valence-corrected chi connectivity index (χ1v) is 7.69. The number of fused-ring (bicyclic) bond motifs is 1. The van der Waals surface area contributed by atoms with Crippen molar-refractivity contribution in [2.75, 3.05) is 13.1 Å². The van der Waals surface area contributed by atoms with Crippen LogP contribution in [0.4, 0.5) is 4.39 Å². The molecule has 3 N–H and O–H groups in total. The van der Waals surface area contributed by atoms with E-state index < -0.39 is 17.1 Å². The predicted molar refractivity (Wildman–Crippen MR) is 86.2 cm³/mol. The third-order valence-electron chi connectivity index (χ3n) is 4.20. The third kappa shape index (κ3) is 2.90. The van der Waals surface area contributed by atoms with Gasteiger partial charge < -0.3 is 20.3 Å². The van der Waals surface area contributed by atoms with Crippen molar-refractivity contribution in [1.29, 1.82) is 0 Å². The van der Waals surface area contributed by atoms with Gasteiger partial charge in [-0.1, -0.05) is 12.1 Å². The molecule has 1 atom stereocenters. The summed E-state index contributed by atoms with van der Waals surface area (Å²) < 4.78 is 14.7. The minimum atomic E-state index is -0.593. The molecule has 24 heavy (non-hydrogen) atoms. The van der Waals surface area contributed by atoms with Gasteiger partial charge in [0, 0.05) is 25.4 Å². The van der Waals surface area contributed by atoms with E-state index in [2.05, 4.69) is 0 Å². The van der Waals surface area contributed by atoms with Gasteiger partial charge in [0.25, 0.3) is 5.91 Å². The number of nitrogens with two attached hydrogens (primary N) is 1. The van der Waals surface area contributed by atoms with Gasteiger partial charge in [0.2, 0.25) is 5.43 Å². The number of hydrogen-bond acceptors (Lipinski definition) is 4. The Morgan fingerprint density at radius 2 is 1.92 bits per heavy atom. The standard InChI is InChI=1S/C17H18FN3O3/c18-12-3-1-11(2-4-12)9-20-10-13(5-7-19)21-8-6-14(22)16(23)15(21)17(20)24/h1-4,6,8,13,23H,5,7,9-10,19H2. The molecular weight excluding hydrogens is 313 g/mol. The highest BCUT2D eigenvalue weighted by Crippen LogP contribution is 2.28. The van der Waals surface area contributed by atoms with E-state index in [0.29, 0.717) is 19.5 Å². The van der Waals surface area contributed by atoms with Crippen LogP contribution in [0.25, 0.3) is 0 Å². The first kappa shape index (κ1) is 16.2. The van der Waals surface area contributed by atoms with Crippen molar-refractivity contribution in [3.05, 3.63) is 63.8 Å². The van der Waals surface area contributed by atoms with Crippen LogP contribution in [0.2, 0.25) is 0 Å². The summed E-state index contributed by atoms with van der Waals surface area (Å²) in [5.41, 5.74) is 5.81. The molecule has 0 bridgehead atoms. The zero-order chi connectivity index (χ0) is 17.3. The molecule has 2 heterocycles. The number of carbonyl (C=O) groups is 1. The zero-order valence-electron chi connectivity index (χ0n) is 13.0. The fraction of sp³-hybridized carbons (Fsp3) is 0.294. The smallest absolute Gasteiger partial charge is 0.274 e. The van der Waals surface area contributed by atoms with Gasteiger partial charge in [-0.2, -0.15) is 0 Å². The van der Waals surface area contributed by atoms with Gasteiger partial charge in [-0.25, -0.2) is 4.39 Å². The van der Waals surface area contributed by atoms with E-state index >= 15 is 0 Å². The molecule has 0 radical (unpaired) electrons. The molecule has 1 aromatic heterocycles. The van der Waals surface area contributed by atoms with Crippen LogP contribution in [-0.4, -0.2) is 33.6 Å². The summed E-state index contributed by atoms with van der Waals surface area (Å²) >= 11 is 0. The molecule has 1 amide bonds. The average molecular weight is 331 g/mol. The highest BCUT2D eigenvalue weighted by atomic mass is 19.1. The monoisotopic (exact) mass is 331 g/mol. The molecule has 1 aliphatic heterocycles. The second-order valence-corrected chi connectivity index (χ2v) is 5.83. The molecule has 3 rings (SSSR count). The molecule has 2 aromatic rings. The number of aromatic hydroxyl groups is 1. The highest BCUT2D eigenvalue weighted by molar-refractivity contribution is 5.95. The maximum absolute atomic E-state index is 13.0. The van der Waals surface area contributed by atoms with E-state index in [4.69, 9.17) is 5.73 Å². The fourth-order valence-electron chi connectivity index (χ4n) is 3.00. The van der Waals surface area contributed by atoms with E-state index in [9.17, 15) is 19.1 Å². The Hall–Kier alpha value is -2.67. The summed E-state index contributed by atoms with van der Waals surface area (Å²) in [6, 6.07) is 6.98. The zero-order valence-corrected chi connectivity index (χ0v) is 13.0. The van der Waals surface area contributed by atoms with Crippen molar-refractivity contribution in [1.82, 2.24) is 9.47 Å². The molecule has 1 aliphatic rings. The van der Waals surface area contributed by atoms with Crippen LogP contribution in [-0.2, 0) is 6.54 Å². The van der Waals surface area contributed by atoms with E-state index in [0.717, 1.165) is 5.56 Å². The van der Waals surface area contributed by atoms with Gasteiger partial charge in [-0.05, 0) is 30.7 Å². The van der Waals surface area contributed by atoms with Crippen molar-refractivity contribution in [2.45, 2.75) is 19.0 Å². The normalized spacial score (nSPS) is 17.0. The number of pyridine rings is 1. The maximum atomic E-state index is 13.0. The molecule has 126 valence electrons. The Labute approximate surface area is 137 Å². The van der Waals surface area contributed by atoms with Gasteiger partial charge in [0.15, 0.2) is 11.4 Å². The molecule has 0 fully saturated rings. The molecule has 0 aliphatic carbocycles. The first-order valence-electron chi connectivity index (χ1n) is 7.69. The number of hydrogen-bond donors (Lipinski definition) is 2. The molecular formula is C17H18FN3O3. The summed E-state index contributed by atoms with van der Waals surface area (Å²) in [5, 5.41) is 10.1. The Kier molecular flexibility index (Phi) is 4.35. The second kappa shape index (κ2) is 6.45. The lowest BCUT2D eigenvalue weighted by Crippen LogP contribution is -2.44. The molecule has 6 nitrogen and oxygen atoms in total. The van der Waals surface area contributed by atoms with Gasteiger partial charge in [0.1, 0.15) is 5.82 Å². The molecule has 1 unspecified atom stereocenters. The third-order valence-corrected chi connectivity index (χ3v) is 4.20. The Bertz CT molecular complexity index is 817. The van der Waals surface area contributed by atoms with Crippen molar-refractivity contribution in [3.8, 4) is 5.75 Å². The number of halogens is 1. The minimum absolute atomic E-state index is 0.0192. The van der Waals surface area contributed by atoms with Crippen LogP contribution < -0.4 is 11.2 Å². The van der Waals surface area contributed by atoms with Gasteiger partial charge >= 0.3 is 0 Å². The van der Waals surface area contributed by atoms with E-state index in [-0.39, 0.29) is 24.1 Å². The molecule has 0 spiro atoms. The van der Waals surface area contributed by atoms with Crippen molar-refractivity contribution in [3.63, 3.8) is 0 Å². The fourth-order valence-corrected chi connectivity index (χ4v) is 3.00. The Balaban J connectivity index is 1.98. The number of rotatable bonds is 4.